The molecule has 2 nitrogen and oxygen atoms in total. The zero-order valence-electron chi connectivity index (χ0n) is 11.7. The molecular weight excluding hydrogens is 224 g/mol. The lowest BCUT2D eigenvalue weighted by molar-refractivity contribution is 0.0931. The van der Waals surface area contributed by atoms with Crippen molar-refractivity contribution in [3.8, 4) is 5.75 Å². The van der Waals surface area contributed by atoms with Gasteiger partial charge in [0.25, 0.3) is 0 Å². The van der Waals surface area contributed by atoms with E-state index in [9.17, 15) is 0 Å². The van der Waals surface area contributed by atoms with Crippen LogP contribution in [-0.2, 0) is 4.74 Å². The Balaban J connectivity index is 2.21. The van der Waals surface area contributed by atoms with E-state index in [1.165, 1.54) is 18.4 Å². The molecule has 1 rings (SSSR count). The van der Waals surface area contributed by atoms with Gasteiger partial charge >= 0.3 is 0 Å². The molecule has 0 spiro atoms. The van der Waals surface area contributed by atoms with Gasteiger partial charge in [-0.05, 0) is 38.5 Å². The molecule has 1 atom stereocenters. The summed E-state index contributed by atoms with van der Waals surface area (Å²) in [7, 11) is 0. The fourth-order valence-electron chi connectivity index (χ4n) is 1.52. The van der Waals surface area contributed by atoms with Crippen LogP contribution in [0.25, 0.3) is 0 Å². The SMILES string of the molecule is CCCCCOC(C)C=COc1ccc(C)cc1. The van der Waals surface area contributed by atoms with Crippen LogP contribution >= 0.6 is 0 Å². The van der Waals surface area contributed by atoms with E-state index in [4.69, 9.17) is 9.47 Å². The fourth-order valence-corrected chi connectivity index (χ4v) is 1.52. The molecule has 0 aliphatic carbocycles. The van der Waals surface area contributed by atoms with E-state index in [-0.39, 0.29) is 6.10 Å². The van der Waals surface area contributed by atoms with Gasteiger partial charge in [0.05, 0.1) is 12.4 Å². The summed E-state index contributed by atoms with van der Waals surface area (Å²) in [4.78, 5) is 0. The van der Waals surface area contributed by atoms with Crippen molar-refractivity contribution in [2.75, 3.05) is 6.61 Å². The van der Waals surface area contributed by atoms with Gasteiger partial charge in [-0.15, -0.1) is 0 Å². The van der Waals surface area contributed by atoms with E-state index in [0.717, 1.165) is 18.8 Å². The molecule has 1 aromatic carbocycles. The minimum atomic E-state index is 0.104. The number of benzene rings is 1. The molecule has 0 fully saturated rings. The summed E-state index contributed by atoms with van der Waals surface area (Å²) in [5, 5.41) is 0. The maximum Gasteiger partial charge on any atom is 0.126 e. The molecule has 0 bridgehead atoms. The summed E-state index contributed by atoms with van der Waals surface area (Å²) in [6.07, 6.45) is 7.34. The van der Waals surface area contributed by atoms with Crippen molar-refractivity contribution in [2.24, 2.45) is 0 Å². The second-order valence-corrected chi connectivity index (χ2v) is 4.54. The Morgan fingerprint density at radius 3 is 2.56 bits per heavy atom. The van der Waals surface area contributed by atoms with E-state index in [1.54, 1.807) is 6.26 Å². The highest BCUT2D eigenvalue weighted by Gasteiger charge is 1.96. The Kier molecular flexibility index (Phi) is 7.19. The second-order valence-electron chi connectivity index (χ2n) is 4.54. The highest BCUT2D eigenvalue weighted by atomic mass is 16.5. The van der Waals surface area contributed by atoms with Crippen molar-refractivity contribution in [2.45, 2.75) is 46.1 Å². The maximum atomic E-state index is 5.63. The molecule has 2 heteroatoms. The zero-order valence-corrected chi connectivity index (χ0v) is 11.7. The van der Waals surface area contributed by atoms with Crippen LogP contribution < -0.4 is 4.74 Å². The third-order valence-electron chi connectivity index (χ3n) is 2.70. The van der Waals surface area contributed by atoms with E-state index >= 15 is 0 Å². The highest BCUT2D eigenvalue weighted by molar-refractivity contribution is 5.26. The molecule has 0 aromatic heterocycles. The molecule has 0 saturated heterocycles. The van der Waals surface area contributed by atoms with Gasteiger partial charge in [-0.25, -0.2) is 0 Å². The monoisotopic (exact) mass is 248 g/mol. The fraction of sp³-hybridized carbons (Fsp3) is 0.500. The van der Waals surface area contributed by atoms with Gasteiger partial charge in [0, 0.05) is 6.61 Å². The highest BCUT2D eigenvalue weighted by Crippen LogP contribution is 2.11. The summed E-state index contributed by atoms with van der Waals surface area (Å²) >= 11 is 0. The maximum absolute atomic E-state index is 5.63. The van der Waals surface area contributed by atoms with E-state index < -0.39 is 0 Å². The Morgan fingerprint density at radius 1 is 1.17 bits per heavy atom. The first-order chi connectivity index (χ1) is 8.72. The minimum Gasteiger partial charge on any atom is -0.465 e. The molecule has 0 aliphatic heterocycles. The number of unbranched alkanes of at least 4 members (excludes halogenated alkanes) is 2. The predicted octanol–water partition coefficient (Wildman–Crippen LogP) is 4.48. The first-order valence-electron chi connectivity index (χ1n) is 6.74. The molecule has 0 amide bonds. The first-order valence-corrected chi connectivity index (χ1v) is 6.74. The van der Waals surface area contributed by atoms with Crippen molar-refractivity contribution in [3.05, 3.63) is 42.2 Å². The van der Waals surface area contributed by atoms with Crippen LogP contribution in [0.4, 0.5) is 0 Å². The molecule has 1 unspecified atom stereocenters. The van der Waals surface area contributed by atoms with E-state index in [1.807, 2.05) is 37.3 Å². The topological polar surface area (TPSA) is 18.5 Å². The van der Waals surface area contributed by atoms with Crippen molar-refractivity contribution >= 4 is 0 Å². The number of hydrogen-bond acceptors (Lipinski definition) is 2. The lowest BCUT2D eigenvalue weighted by Gasteiger charge is -2.08. The minimum absolute atomic E-state index is 0.104. The summed E-state index contributed by atoms with van der Waals surface area (Å²) in [6.45, 7) is 7.11. The Morgan fingerprint density at radius 2 is 1.89 bits per heavy atom. The number of ether oxygens (including phenoxy) is 2. The van der Waals surface area contributed by atoms with E-state index in [2.05, 4.69) is 13.8 Å². The number of hydrogen-bond donors (Lipinski definition) is 0. The quantitative estimate of drug-likeness (QED) is 0.498. The third kappa shape index (κ3) is 6.45. The van der Waals surface area contributed by atoms with Crippen LogP contribution in [0.5, 0.6) is 5.75 Å². The smallest absolute Gasteiger partial charge is 0.126 e. The third-order valence-corrected chi connectivity index (χ3v) is 2.70. The largest absolute Gasteiger partial charge is 0.465 e. The summed E-state index contributed by atoms with van der Waals surface area (Å²) < 4.78 is 11.1. The molecule has 0 heterocycles. The second kappa shape index (κ2) is 8.76. The first kappa shape index (κ1) is 14.8. The summed E-state index contributed by atoms with van der Waals surface area (Å²) in [5.41, 5.74) is 1.24. The Hall–Kier alpha value is -1.28. The molecule has 0 radical (unpaired) electrons. The van der Waals surface area contributed by atoms with Gasteiger partial charge in [-0.1, -0.05) is 37.5 Å². The average Bonchev–Trinajstić information content (AvgIpc) is 2.37. The van der Waals surface area contributed by atoms with Crippen LogP contribution in [-0.4, -0.2) is 12.7 Å². The molecule has 0 N–H and O–H groups in total. The van der Waals surface area contributed by atoms with Crippen molar-refractivity contribution in [1.82, 2.24) is 0 Å². The Labute approximate surface area is 111 Å². The van der Waals surface area contributed by atoms with Gasteiger partial charge in [-0.2, -0.15) is 0 Å². The van der Waals surface area contributed by atoms with Crippen LogP contribution in [0, 0.1) is 6.92 Å². The van der Waals surface area contributed by atoms with Crippen molar-refractivity contribution in [1.29, 1.82) is 0 Å². The van der Waals surface area contributed by atoms with Crippen LogP contribution in [0.2, 0.25) is 0 Å². The van der Waals surface area contributed by atoms with Gasteiger partial charge < -0.3 is 9.47 Å². The number of aryl methyl sites for hydroxylation is 1. The van der Waals surface area contributed by atoms with Gasteiger partial charge in [-0.3, -0.25) is 0 Å². The normalized spacial score (nSPS) is 12.8. The molecule has 0 aliphatic rings. The zero-order chi connectivity index (χ0) is 13.2. The molecular formula is C16H24O2. The number of rotatable bonds is 8. The standard InChI is InChI=1S/C16H24O2/c1-4-5-6-12-17-15(3)11-13-18-16-9-7-14(2)8-10-16/h7-11,13,15H,4-6,12H2,1-3H3. The van der Waals surface area contributed by atoms with Gasteiger partial charge in [0.2, 0.25) is 0 Å². The average molecular weight is 248 g/mol. The van der Waals surface area contributed by atoms with Crippen molar-refractivity contribution < 1.29 is 9.47 Å². The van der Waals surface area contributed by atoms with E-state index in [0.29, 0.717) is 0 Å². The van der Waals surface area contributed by atoms with Crippen LogP contribution in [0.15, 0.2) is 36.6 Å². The lowest BCUT2D eigenvalue weighted by Crippen LogP contribution is -2.06. The lowest BCUT2D eigenvalue weighted by atomic mass is 10.2. The van der Waals surface area contributed by atoms with Gasteiger partial charge in [0.15, 0.2) is 0 Å². The van der Waals surface area contributed by atoms with Crippen LogP contribution in [0.1, 0.15) is 38.7 Å². The molecule has 0 saturated carbocycles. The van der Waals surface area contributed by atoms with Crippen molar-refractivity contribution in [3.63, 3.8) is 0 Å². The van der Waals surface area contributed by atoms with Gasteiger partial charge in [0.1, 0.15) is 5.75 Å². The summed E-state index contributed by atoms with van der Waals surface area (Å²) in [5.74, 6) is 0.857. The molecule has 100 valence electrons. The molecule has 1 aromatic rings. The van der Waals surface area contributed by atoms with Crippen LogP contribution in [0.3, 0.4) is 0 Å². The Bertz CT molecular complexity index is 341. The summed E-state index contributed by atoms with van der Waals surface area (Å²) in [6, 6.07) is 8.00. The molecule has 18 heavy (non-hydrogen) atoms. The predicted molar refractivity (Wildman–Crippen MR) is 75.9 cm³/mol.